The first-order valence-electron chi connectivity index (χ1n) is 6.88. The van der Waals surface area contributed by atoms with Gasteiger partial charge in [-0.15, -0.1) is 0 Å². The third kappa shape index (κ3) is 2.74. The van der Waals surface area contributed by atoms with E-state index in [2.05, 4.69) is 4.98 Å². The van der Waals surface area contributed by atoms with Crippen LogP contribution in [-0.2, 0) is 16.0 Å². The summed E-state index contributed by atoms with van der Waals surface area (Å²) < 4.78 is 1.34. The van der Waals surface area contributed by atoms with Gasteiger partial charge in [0, 0.05) is 13.3 Å². The number of fused-ring (bicyclic) bond motifs is 1. The monoisotopic (exact) mass is 294 g/mol. The molecular formula is C17H14N2O3. The van der Waals surface area contributed by atoms with E-state index >= 15 is 0 Å². The maximum absolute atomic E-state index is 11.6. The topological polar surface area (TPSA) is 61.2 Å². The van der Waals surface area contributed by atoms with E-state index in [4.69, 9.17) is 4.84 Å². The summed E-state index contributed by atoms with van der Waals surface area (Å²) in [4.78, 5) is 32.5. The fraction of sp³-hybridized carbons (Fsp3) is 0.118. The Kier molecular flexibility index (Phi) is 3.70. The van der Waals surface area contributed by atoms with E-state index in [1.165, 1.54) is 11.7 Å². The summed E-state index contributed by atoms with van der Waals surface area (Å²) in [5.41, 5.74) is 2.41. The van der Waals surface area contributed by atoms with Crippen molar-refractivity contribution in [1.29, 1.82) is 0 Å². The van der Waals surface area contributed by atoms with Crippen LogP contribution in [0.25, 0.3) is 11.0 Å². The molecule has 0 saturated heterocycles. The number of benzene rings is 2. The molecule has 110 valence electrons. The van der Waals surface area contributed by atoms with Crippen LogP contribution >= 0.6 is 0 Å². The summed E-state index contributed by atoms with van der Waals surface area (Å²) in [5, 5.41) is 0. The number of para-hydroxylation sites is 2. The summed E-state index contributed by atoms with van der Waals surface area (Å²) >= 11 is 0. The van der Waals surface area contributed by atoms with Gasteiger partial charge in [0.15, 0.2) is 5.82 Å². The second kappa shape index (κ2) is 5.81. The molecule has 1 aromatic heterocycles. The highest BCUT2D eigenvalue weighted by atomic mass is 16.7. The van der Waals surface area contributed by atoms with Crippen molar-refractivity contribution in [2.24, 2.45) is 0 Å². The van der Waals surface area contributed by atoms with Gasteiger partial charge in [0.2, 0.25) is 5.78 Å². The Hall–Kier alpha value is -2.95. The van der Waals surface area contributed by atoms with Gasteiger partial charge in [0.25, 0.3) is 0 Å². The fourth-order valence-electron chi connectivity index (χ4n) is 2.19. The van der Waals surface area contributed by atoms with E-state index in [0.29, 0.717) is 23.3 Å². The Morgan fingerprint density at radius 2 is 1.73 bits per heavy atom. The average Bonchev–Trinajstić information content (AvgIpc) is 2.86. The van der Waals surface area contributed by atoms with E-state index in [9.17, 15) is 9.59 Å². The van der Waals surface area contributed by atoms with Crippen LogP contribution in [0.5, 0.6) is 0 Å². The summed E-state index contributed by atoms with van der Waals surface area (Å²) in [5.74, 6) is -0.983. The van der Waals surface area contributed by atoms with Gasteiger partial charge < -0.3 is 4.84 Å². The van der Waals surface area contributed by atoms with Gasteiger partial charge in [-0.05, 0) is 17.7 Å². The van der Waals surface area contributed by atoms with Crippen LogP contribution in [0, 0.1) is 0 Å². The fourth-order valence-corrected chi connectivity index (χ4v) is 2.19. The van der Waals surface area contributed by atoms with Crippen LogP contribution < -0.4 is 4.84 Å². The molecule has 0 aliphatic heterocycles. The quantitative estimate of drug-likeness (QED) is 0.692. The minimum Gasteiger partial charge on any atom is -0.326 e. The summed E-state index contributed by atoms with van der Waals surface area (Å²) in [6.45, 7) is 1.18. The zero-order chi connectivity index (χ0) is 15.5. The predicted molar refractivity (Wildman–Crippen MR) is 81.2 cm³/mol. The lowest BCUT2D eigenvalue weighted by Gasteiger charge is -2.07. The second-order valence-electron chi connectivity index (χ2n) is 4.91. The summed E-state index contributed by atoms with van der Waals surface area (Å²) in [7, 11) is 0. The minimum atomic E-state index is -0.905. The standard InChI is InChI=1S/C17H14N2O3/c1-12(20)17(21)22-19-15-10-6-5-9-14(15)18-16(19)11-13-7-3-2-4-8-13/h2-10H,11H2,1H3. The van der Waals surface area contributed by atoms with Crippen molar-refractivity contribution in [3.05, 3.63) is 66.0 Å². The lowest BCUT2D eigenvalue weighted by molar-refractivity contribution is -0.153. The molecule has 0 fully saturated rings. The number of Topliss-reactive ketones (excluding diaryl/α,β-unsaturated/α-hetero) is 1. The Morgan fingerprint density at radius 1 is 1.05 bits per heavy atom. The van der Waals surface area contributed by atoms with Crippen LogP contribution in [0.2, 0.25) is 0 Å². The smallest absolute Gasteiger partial charge is 0.326 e. The van der Waals surface area contributed by atoms with E-state index in [0.717, 1.165) is 5.56 Å². The van der Waals surface area contributed by atoms with Gasteiger partial charge in [0.05, 0.1) is 5.52 Å². The Bertz CT molecular complexity index is 837. The van der Waals surface area contributed by atoms with Crippen LogP contribution in [-0.4, -0.2) is 21.5 Å². The first-order valence-corrected chi connectivity index (χ1v) is 6.88. The Balaban J connectivity index is 2.04. The first-order chi connectivity index (χ1) is 10.6. The number of hydrogen-bond donors (Lipinski definition) is 0. The van der Waals surface area contributed by atoms with Crippen LogP contribution in [0.4, 0.5) is 0 Å². The van der Waals surface area contributed by atoms with Crippen molar-refractivity contribution in [3.8, 4) is 0 Å². The summed E-state index contributed by atoms with van der Waals surface area (Å²) in [6, 6.07) is 17.1. The molecule has 1 heterocycles. The second-order valence-corrected chi connectivity index (χ2v) is 4.91. The predicted octanol–water partition coefficient (Wildman–Crippen LogP) is 2.17. The molecule has 5 heteroatoms. The SMILES string of the molecule is CC(=O)C(=O)On1c(Cc2ccccc2)nc2ccccc21. The number of hydrogen-bond acceptors (Lipinski definition) is 4. The van der Waals surface area contributed by atoms with Gasteiger partial charge in [0.1, 0.15) is 5.52 Å². The van der Waals surface area contributed by atoms with Crippen molar-refractivity contribution in [1.82, 2.24) is 9.71 Å². The molecule has 0 spiro atoms. The molecule has 3 aromatic rings. The number of rotatable bonds is 4. The van der Waals surface area contributed by atoms with Crippen molar-refractivity contribution < 1.29 is 14.4 Å². The number of imidazole rings is 1. The van der Waals surface area contributed by atoms with E-state index < -0.39 is 11.8 Å². The third-order valence-corrected chi connectivity index (χ3v) is 3.25. The molecule has 2 aromatic carbocycles. The molecule has 0 atom stereocenters. The van der Waals surface area contributed by atoms with Gasteiger partial charge in [-0.2, -0.15) is 4.73 Å². The van der Waals surface area contributed by atoms with Gasteiger partial charge in [-0.25, -0.2) is 9.78 Å². The zero-order valence-corrected chi connectivity index (χ0v) is 12.0. The molecule has 0 saturated carbocycles. The van der Waals surface area contributed by atoms with Gasteiger partial charge in [-0.1, -0.05) is 42.5 Å². The van der Waals surface area contributed by atoms with E-state index in [-0.39, 0.29) is 0 Å². The number of nitrogens with zero attached hydrogens (tertiary/aromatic N) is 2. The largest absolute Gasteiger partial charge is 0.398 e. The normalized spacial score (nSPS) is 10.6. The average molecular weight is 294 g/mol. The number of ketones is 1. The Morgan fingerprint density at radius 3 is 2.45 bits per heavy atom. The van der Waals surface area contributed by atoms with Crippen molar-refractivity contribution in [2.75, 3.05) is 0 Å². The van der Waals surface area contributed by atoms with Crippen LogP contribution in [0.1, 0.15) is 18.3 Å². The lowest BCUT2D eigenvalue weighted by atomic mass is 10.1. The Labute approximate surface area is 127 Å². The number of carbonyl (C=O) groups excluding carboxylic acids is 2. The van der Waals surface area contributed by atoms with E-state index in [1.54, 1.807) is 6.07 Å². The molecule has 0 aliphatic carbocycles. The van der Waals surface area contributed by atoms with Gasteiger partial charge >= 0.3 is 5.97 Å². The third-order valence-electron chi connectivity index (χ3n) is 3.25. The molecule has 0 unspecified atom stereocenters. The van der Waals surface area contributed by atoms with Crippen LogP contribution in [0.15, 0.2) is 54.6 Å². The minimum absolute atomic E-state index is 0.501. The highest BCUT2D eigenvalue weighted by molar-refractivity contribution is 6.32. The molecule has 0 aliphatic rings. The zero-order valence-electron chi connectivity index (χ0n) is 12.0. The lowest BCUT2D eigenvalue weighted by Crippen LogP contribution is -2.26. The maximum atomic E-state index is 11.6. The number of aromatic nitrogens is 2. The summed E-state index contributed by atoms with van der Waals surface area (Å²) in [6.07, 6.45) is 0.501. The molecular weight excluding hydrogens is 280 g/mol. The highest BCUT2D eigenvalue weighted by Gasteiger charge is 2.17. The van der Waals surface area contributed by atoms with E-state index in [1.807, 2.05) is 48.5 Å². The molecule has 0 amide bonds. The number of carbonyl (C=O) groups is 2. The molecule has 0 bridgehead atoms. The molecule has 0 radical (unpaired) electrons. The van der Waals surface area contributed by atoms with Crippen molar-refractivity contribution in [3.63, 3.8) is 0 Å². The van der Waals surface area contributed by atoms with Crippen LogP contribution in [0.3, 0.4) is 0 Å². The van der Waals surface area contributed by atoms with Crippen molar-refractivity contribution in [2.45, 2.75) is 13.3 Å². The molecule has 0 N–H and O–H groups in total. The maximum Gasteiger partial charge on any atom is 0.398 e. The van der Waals surface area contributed by atoms with Crippen molar-refractivity contribution >= 4 is 22.8 Å². The first kappa shape index (κ1) is 14.0. The van der Waals surface area contributed by atoms with Gasteiger partial charge in [-0.3, -0.25) is 4.79 Å². The molecule has 3 rings (SSSR count). The molecule has 22 heavy (non-hydrogen) atoms. The highest BCUT2D eigenvalue weighted by Crippen LogP contribution is 2.17. The molecule has 5 nitrogen and oxygen atoms in total.